The van der Waals surface area contributed by atoms with Gasteiger partial charge in [-0.2, -0.15) is 0 Å². The molecule has 3 aromatic carbocycles. The zero-order valence-electron chi connectivity index (χ0n) is 18.8. The SMILES string of the molecule is O=C(C=Cc1ccc(-c2ccc(Cl)cc2Cl)o1)NC(=S)Nc1ccc(I)cc1-c1nc2ccccc2s1. The molecule has 0 aliphatic carbocycles. The van der Waals surface area contributed by atoms with Gasteiger partial charge in [0.05, 0.1) is 20.9 Å². The Morgan fingerprint density at radius 2 is 1.86 bits per heavy atom. The molecule has 0 atom stereocenters. The lowest BCUT2D eigenvalue weighted by atomic mass is 10.2. The quantitative estimate of drug-likeness (QED) is 0.111. The fourth-order valence-electron chi connectivity index (χ4n) is 3.53. The summed E-state index contributed by atoms with van der Waals surface area (Å²) in [6, 6.07) is 22.6. The van der Waals surface area contributed by atoms with Crippen molar-refractivity contribution in [2.75, 3.05) is 5.32 Å². The molecule has 0 unspecified atom stereocenters. The van der Waals surface area contributed by atoms with E-state index in [2.05, 4.69) is 33.2 Å². The largest absolute Gasteiger partial charge is 0.457 e. The van der Waals surface area contributed by atoms with Gasteiger partial charge >= 0.3 is 0 Å². The van der Waals surface area contributed by atoms with E-state index < -0.39 is 5.91 Å². The van der Waals surface area contributed by atoms with Gasteiger partial charge in [0.1, 0.15) is 16.5 Å². The van der Waals surface area contributed by atoms with Crippen LogP contribution in [0.2, 0.25) is 10.0 Å². The molecule has 37 heavy (non-hydrogen) atoms. The zero-order chi connectivity index (χ0) is 25.9. The third kappa shape index (κ3) is 6.22. The maximum absolute atomic E-state index is 12.5. The normalized spacial score (nSPS) is 11.2. The number of anilines is 1. The molecular formula is C27H16Cl2IN3O2S2. The highest BCUT2D eigenvalue weighted by atomic mass is 127. The van der Waals surface area contributed by atoms with E-state index in [0.717, 1.165) is 30.0 Å². The molecule has 1 amide bonds. The predicted octanol–water partition coefficient (Wildman–Crippen LogP) is 8.66. The minimum atomic E-state index is -0.396. The van der Waals surface area contributed by atoms with Crippen molar-refractivity contribution in [1.29, 1.82) is 0 Å². The van der Waals surface area contributed by atoms with Gasteiger partial charge in [-0.25, -0.2) is 4.98 Å². The molecule has 0 saturated carbocycles. The van der Waals surface area contributed by atoms with E-state index in [9.17, 15) is 4.79 Å². The van der Waals surface area contributed by atoms with Crippen molar-refractivity contribution in [3.05, 3.63) is 98.2 Å². The van der Waals surface area contributed by atoms with E-state index in [1.54, 1.807) is 47.7 Å². The molecule has 0 spiro atoms. The van der Waals surface area contributed by atoms with Gasteiger partial charge in [0.15, 0.2) is 5.11 Å². The smallest absolute Gasteiger partial charge is 0.250 e. The van der Waals surface area contributed by atoms with Gasteiger partial charge in [0.2, 0.25) is 5.91 Å². The van der Waals surface area contributed by atoms with E-state index in [1.807, 2.05) is 42.5 Å². The monoisotopic (exact) mass is 675 g/mol. The fourth-order valence-corrected chi connectivity index (χ4v) is 5.73. The van der Waals surface area contributed by atoms with Crippen LogP contribution in [-0.4, -0.2) is 16.0 Å². The minimum absolute atomic E-state index is 0.172. The summed E-state index contributed by atoms with van der Waals surface area (Å²) in [5.41, 5.74) is 3.31. The van der Waals surface area contributed by atoms with Gasteiger partial charge in [0, 0.05) is 25.8 Å². The number of fused-ring (bicyclic) bond motifs is 1. The number of hydrogen-bond donors (Lipinski definition) is 2. The summed E-state index contributed by atoms with van der Waals surface area (Å²) < 4.78 is 7.96. The Morgan fingerprint density at radius 3 is 2.68 bits per heavy atom. The van der Waals surface area contributed by atoms with Crippen molar-refractivity contribution >= 4 is 102 Å². The Labute approximate surface area is 245 Å². The minimum Gasteiger partial charge on any atom is -0.457 e. The molecule has 0 radical (unpaired) electrons. The Bertz CT molecular complexity index is 1650. The third-order valence-corrected chi connectivity index (χ3v) is 7.71. The van der Waals surface area contributed by atoms with Crippen LogP contribution in [0.3, 0.4) is 0 Å². The third-order valence-electron chi connectivity index (χ3n) is 5.21. The number of carbonyl (C=O) groups excluding carboxylic acids is 1. The molecule has 0 fully saturated rings. The van der Waals surface area contributed by atoms with Crippen LogP contribution in [-0.2, 0) is 4.79 Å². The van der Waals surface area contributed by atoms with Crippen molar-refractivity contribution in [2.45, 2.75) is 0 Å². The summed E-state index contributed by atoms with van der Waals surface area (Å²) in [5, 5.41) is 7.86. The van der Waals surface area contributed by atoms with E-state index in [1.165, 1.54) is 6.08 Å². The molecule has 0 aliphatic rings. The molecule has 2 aromatic heterocycles. The molecule has 10 heteroatoms. The number of nitrogens with one attached hydrogen (secondary N) is 2. The highest BCUT2D eigenvalue weighted by molar-refractivity contribution is 14.1. The summed E-state index contributed by atoms with van der Waals surface area (Å²) in [5.74, 6) is 0.665. The maximum atomic E-state index is 12.5. The number of para-hydroxylation sites is 1. The number of thiazole rings is 1. The lowest BCUT2D eigenvalue weighted by Crippen LogP contribution is -2.33. The topological polar surface area (TPSA) is 67.2 Å². The van der Waals surface area contributed by atoms with Gasteiger partial charge in [0.25, 0.3) is 0 Å². The van der Waals surface area contributed by atoms with Crippen LogP contribution in [0.5, 0.6) is 0 Å². The molecule has 2 N–H and O–H groups in total. The number of hydrogen-bond acceptors (Lipinski definition) is 5. The van der Waals surface area contributed by atoms with Crippen molar-refractivity contribution in [3.8, 4) is 21.9 Å². The summed E-state index contributed by atoms with van der Waals surface area (Å²) in [4.78, 5) is 17.3. The van der Waals surface area contributed by atoms with Crippen LogP contribution in [0, 0.1) is 3.57 Å². The molecule has 5 nitrogen and oxygen atoms in total. The number of thiocarbonyl (C=S) groups is 1. The van der Waals surface area contributed by atoms with E-state index >= 15 is 0 Å². The second-order valence-electron chi connectivity index (χ2n) is 7.78. The average molecular weight is 676 g/mol. The number of benzene rings is 3. The van der Waals surface area contributed by atoms with Crippen molar-refractivity contribution in [1.82, 2.24) is 10.3 Å². The number of amides is 1. The summed E-state index contributed by atoms with van der Waals surface area (Å²) >= 11 is 21.5. The van der Waals surface area contributed by atoms with Gasteiger partial charge in [-0.1, -0.05) is 35.3 Å². The predicted molar refractivity (Wildman–Crippen MR) is 165 cm³/mol. The van der Waals surface area contributed by atoms with Crippen molar-refractivity contribution < 1.29 is 9.21 Å². The number of carbonyl (C=O) groups is 1. The number of rotatable bonds is 5. The van der Waals surface area contributed by atoms with Crippen LogP contribution in [0.4, 0.5) is 5.69 Å². The number of halogens is 3. The van der Waals surface area contributed by atoms with Crippen LogP contribution < -0.4 is 10.6 Å². The Morgan fingerprint density at radius 1 is 1.03 bits per heavy atom. The Kier molecular flexibility index (Phi) is 7.92. The first kappa shape index (κ1) is 25.9. The molecule has 5 aromatic rings. The van der Waals surface area contributed by atoms with Crippen LogP contribution in [0.15, 0.2) is 83.3 Å². The summed E-state index contributed by atoms with van der Waals surface area (Å²) in [7, 11) is 0. The van der Waals surface area contributed by atoms with Crippen molar-refractivity contribution in [2.24, 2.45) is 0 Å². The van der Waals surface area contributed by atoms with Gasteiger partial charge in [-0.15, -0.1) is 11.3 Å². The molecule has 5 rings (SSSR count). The maximum Gasteiger partial charge on any atom is 0.250 e. The van der Waals surface area contributed by atoms with Crippen LogP contribution >= 0.6 is 69.3 Å². The summed E-state index contributed by atoms with van der Waals surface area (Å²) in [6.45, 7) is 0. The van der Waals surface area contributed by atoms with E-state index in [0.29, 0.717) is 27.1 Å². The number of aromatic nitrogens is 1. The molecule has 2 heterocycles. The van der Waals surface area contributed by atoms with Gasteiger partial charge in [-0.3, -0.25) is 10.1 Å². The lowest BCUT2D eigenvalue weighted by Gasteiger charge is -2.12. The van der Waals surface area contributed by atoms with Crippen LogP contribution in [0.1, 0.15) is 5.76 Å². The second-order valence-corrected chi connectivity index (χ2v) is 11.3. The van der Waals surface area contributed by atoms with E-state index in [4.69, 9.17) is 44.8 Å². The Balaban J connectivity index is 1.26. The first-order valence-electron chi connectivity index (χ1n) is 10.9. The molecule has 0 saturated heterocycles. The van der Waals surface area contributed by atoms with Gasteiger partial charge < -0.3 is 9.73 Å². The number of nitrogens with zero attached hydrogens (tertiary/aromatic N) is 1. The first-order valence-corrected chi connectivity index (χ1v) is 13.9. The Hall–Kier alpha value is -2.76. The van der Waals surface area contributed by atoms with Gasteiger partial charge in [-0.05, 0) is 102 Å². The standard InChI is InChI=1S/C27H16Cl2IN3O2S2/c28-15-5-9-18(20(29)13-15)23-11-7-17(35-23)8-12-25(34)33-27(36)32-21-10-6-16(30)14-19(21)26-31-22-3-1-2-4-24(22)37-26/h1-14H,(H2,32,33,34,36). The van der Waals surface area contributed by atoms with Crippen LogP contribution in [0.25, 0.3) is 38.2 Å². The molecule has 0 aliphatic heterocycles. The molecule has 184 valence electrons. The highest BCUT2D eigenvalue weighted by Gasteiger charge is 2.13. The molecule has 0 bridgehead atoms. The average Bonchev–Trinajstić information content (AvgIpc) is 3.51. The summed E-state index contributed by atoms with van der Waals surface area (Å²) in [6.07, 6.45) is 2.91. The highest BCUT2D eigenvalue weighted by Crippen LogP contribution is 2.35. The molecular weight excluding hydrogens is 660 g/mol. The number of furan rings is 1. The second kappa shape index (κ2) is 11.3. The zero-order valence-corrected chi connectivity index (χ0v) is 24.1. The fraction of sp³-hybridized carbons (Fsp3) is 0. The lowest BCUT2D eigenvalue weighted by molar-refractivity contribution is -0.115. The van der Waals surface area contributed by atoms with E-state index in [-0.39, 0.29) is 5.11 Å². The van der Waals surface area contributed by atoms with Crippen molar-refractivity contribution in [3.63, 3.8) is 0 Å². The first-order chi connectivity index (χ1) is 17.9.